The van der Waals surface area contributed by atoms with Gasteiger partial charge >= 0.3 is 5.97 Å². The zero-order chi connectivity index (χ0) is 18.7. The monoisotopic (exact) mass is 358 g/mol. The highest BCUT2D eigenvalue weighted by atomic mass is 16.4. The number of piperidine rings is 2. The first-order valence-corrected chi connectivity index (χ1v) is 9.24. The van der Waals surface area contributed by atoms with Gasteiger partial charge in [-0.25, -0.2) is 4.79 Å². The Morgan fingerprint density at radius 2 is 1.81 bits per heavy atom. The number of nitrogens with zero attached hydrogens (tertiary/aromatic N) is 2. The Hall–Kier alpha value is -2.37. The van der Waals surface area contributed by atoms with E-state index in [2.05, 4.69) is 0 Å². The van der Waals surface area contributed by atoms with Gasteiger partial charge in [-0.3, -0.25) is 9.59 Å². The summed E-state index contributed by atoms with van der Waals surface area (Å²) in [4.78, 5) is 39.4. The zero-order valence-corrected chi connectivity index (χ0v) is 15.2. The molecule has 2 aliphatic rings. The van der Waals surface area contributed by atoms with Crippen molar-refractivity contribution in [3.8, 4) is 0 Å². The van der Waals surface area contributed by atoms with E-state index in [1.54, 1.807) is 6.92 Å². The van der Waals surface area contributed by atoms with Crippen molar-refractivity contribution in [1.82, 2.24) is 9.80 Å². The van der Waals surface area contributed by atoms with Gasteiger partial charge in [0.25, 0.3) is 0 Å². The zero-order valence-electron chi connectivity index (χ0n) is 15.2. The molecule has 26 heavy (non-hydrogen) atoms. The summed E-state index contributed by atoms with van der Waals surface area (Å²) >= 11 is 0. The second kappa shape index (κ2) is 7.48. The second-order valence-electron chi connectivity index (χ2n) is 7.58. The van der Waals surface area contributed by atoms with Crippen LogP contribution in [0.4, 0.5) is 0 Å². The third-order valence-corrected chi connectivity index (χ3v) is 5.90. The predicted molar refractivity (Wildman–Crippen MR) is 96.4 cm³/mol. The van der Waals surface area contributed by atoms with Gasteiger partial charge < -0.3 is 14.9 Å². The van der Waals surface area contributed by atoms with Crippen molar-refractivity contribution >= 4 is 17.8 Å². The fourth-order valence-corrected chi connectivity index (χ4v) is 4.05. The number of aliphatic carboxylic acids is 1. The van der Waals surface area contributed by atoms with E-state index in [4.69, 9.17) is 0 Å². The Morgan fingerprint density at radius 3 is 2.42 bits per heavy atom. The number of amides is 2. The average Bonchev–Trinajstić information content (AvgIpc) is 2.64. The van der Waals surface area contributed by atoms with Gasteiger partial charge in [0.1, 0.15) is 6.04 Å². The highest BCUT2D eigenvalue weighted by Crippen LogP contribution is 2.40. The first kappa shape index (κ1) is 18.4. The number of likely N-dealkylation sites (tertiary alicyclic amines) is 2. The Labute approximate surface area is 153 Å². The molecule has 1 N–H and O–H groups in total. The maximum absolute atomic E-state index is 12.5. The lowest BCUT2D eigenvalue weighted by atomic mass is 9.72. The molecule has 0 radical (unpaired) electrons. The quantitative estimate of drug-likeness (QED) is 0.892. The molecule has 2 fully saturated rings. The van der Waals surface area contributed by atoms with Crippen LogP contribution in [0.1, 0.15) is 38.2 Å². The smallest absolute Gasteiger partial charge is 0.326 e. The lowest BCUT2D eigenvalue weighted by Gasteiger charge is -2.48. The molecule has 0 aromatic heterocycles. The van der Waals surface area contributed by atoms with Gasteiger partial charge in [0, 0.05) is 26.1 Å². The Balaban J connectivity index is 1.59. The number of carbonyl (C=O) groups is 3. The molecular formula is C20H26N2O4. The number of hydrogen-bond donors (Lipinski definition) is 1. The molecule has 6 nitrogen and oxygen atoms in total. The van der Waals surface area contributed by atoms with Crippen molar-refractivity contribution in [2.45, 2.75) is 45.1 Å². The van der Waals surface area contributed by atoms with Crippen molar-refractivity contribution in [2.24, 2.45) is 5.41 Å². The van der Waals surface area contributed by atoms with Crippen LogP contribution in [-0.4, -0.2) is 58.4 Å². The Morgan fingerprint density at radius 1 is 1.15 bits per heavy atom. The van der Waals surface area contributed by atoms with Crippen LogP contribution in [0.3, 0.4) is 0 Å². The fraction of sp³-hybridized carbons (Fsp3) is 0.550. The summed E-state index contributed by atoms with van der Waals surface area (Å²) in [5, 5.41) is 9.25. The van der Waals surface area contributed by atoms with Crippen molar-refractivity contribution < 1.29 is 19.5 Å². The fourth-order valence-electron chi connectivity index (χ4n) is 4.05. The standard InChI is InChI=1S/C20H26N2O4/c1-15(19(25)26)22-14-20(8-7-17(22)23)9-11-21(12-10-20)18(24)13-16-5-3-2-4-6-16/h2-6,15H,7-14H2,1H3,(H,25,26)/t15-/m0/s1. The van der Waals surface area contributed by atoms with Crippen LogP contribution in [0.25, 0.3) is 0 Å². The summed E-state index contributed by atoms with van der Waals surface area (Å²) in [6, 6.07) is 8.93. The van der Waals surface area contributed by atoms with Crippen LogP contribution in [0.5, 0.6) is 0 Å². The van der Waals surface area contributed by atoms with Gasteiger partial charge in [0.2, 0.25) is 11.8 Å². The minimum atomic E-state index is -0.967. The molecule has 2 heterocycles. The number of carboxylic acid groups (broad SMARTS) is 1. The topological polar surface area (TPSA) is 77.9 Å². The first-order valence-electron chi connectivity index (χ1n) is 9.24. The molecule has 0 aliphatic carbocycles. The van der Waals surface area contributed by atoms with E-state index >= 15 is 0 Å². The van der Waals surface area contributed by atoms with E-state index < -0.39 is 12.0 Å². The minimum Gasteiger partial charge on any atom is -0.480 e. The van der Waals surface area contributed by atoms with E-state index in [0.717, 1.165) is 24.8 Å². The average molecular weight is 358 g/mol. The molecule has 0 unspecified atom stereocenters. The van der Waals surface area contributed by atoms with Crippen molar-refractivity contribution in [3.05, 3.63) is 35.9 Å². The molecule has 0 saturated carbocycles. The summed E-state index contributed by atoms with van der Waals surface area (Å²) in [5.41, 5.74) is 0.962. The SMILES string of the molecule is C[C@@H](C(=O)O)N1CC2(CCC1=O)CCN(C(=O)Cc1ccccc1)CC2. The maximum Gasteiger partial charge on any atom is 0.326 e. The molecule has 1 spiro atoms. The van der Waals surface area contributed by atoms with Gasteiger partial charge in [0.15, 0.2) is 0 Å². The molecule has 1 aromatic rings. The van der Waals surface area contributed by atoms with Crippen molar-refractivity contribution in [2.75, 3.05) is 19.6 Å². The number of hydrogen-bond acceptors (Lipinski definition) is 3. The van der Waals surface area contributed by atoms with Gasteiger partial charge in [-0.15, -0.1) is 0 Å². The van der Waals surface area contributed by atoms with E-state index in [-0.39, 0.29) is 17.2 Å². The number of carboxylic acids is 1. The van der Waals surface area contributed by atoms with Crippen LogP contribution < -0.4 is 0 Å². The third kappa shape index (κ3) is 3.89. The summed E-state index contributed by atoms with van der Waals surface area (Å²) in [6.45, 7) is 3.40. The Bertz CT molecular complexity index is 680. The molecule has 2 aliphatic heterocycles. The molecular weight excluding hydrogens is 332 g/mol. The number of rotatable bonds is 4. The van der Waals surface area contributed by atoms with Crippen LogP contribution in [0, 0.1) is 5.41 Å². The van der Waals surface area contributed by atoms with Crippen LogP contribution >= 0.6 is 0 Å². The number of carbonyl (C=O) groups excluding carboxylic acids is 2. The molecule has 2 amide bonds. The van der Waals surface area contributed by atoms with Crippen molar-refractivity contribution in [3.63, 3.8) is 0 Å². The Kier molecular flexibility index (Phi) is 5.30. The summed E-state index contributed by atoms with van der Waals surface area (Å²) < 4.78 is 0. The third-order valence-electron chi connectivity index (χ3n) is 5.90. The predicted octanol–water partition coefficient (Wildman–Crippen LogP) is 1.93. The van der Waals surface area contributed by atoms with Gasteiger partial charge in [0.05, 0.1) is 6.42 Å². The van der Waals surface area contributed by atoms with Crippen LogP contribution in [0.15, 0.2) is 30.3 Å². The molecule has 2 saturated heterocycles. The minimum absolute atomic E-state index is 0.0544. The highest BCUT2D eigenvalue weighted by molar-refractivity contribution is 5.84. The number of benzene rings is 1. The van der Waals surface area contributed by atoms with Gasteiger partial charge in [-0.2, -0.15) is 0 Å². The molecule has 3 rings (SSSR count). The van der Waals surface area contributed by atoms with E-state index in [1.807, 2.05) is 35.2 Å². The summed E-state index contributed by atoms with van der Waals surface area (Å²) in [7, 11) is 0. The second-order valence-corrected chi connectivity index (χ2v) is 7.58. The van der Waals surface area contributed by atoms with Crippen LogP contribution in [-0.2, 0) is 20.8 Å². The molecule has 0 bridgehead atoms. The van der Waals surface area contributed by atoms with E-state index in [0.29, 0.717) is 32.5 Å². The molecule has 1 atom stereocenters. The lowest BCUT2D eigenvalue weighted by Crippen LogP contribution is -2.56. The van der Waals surface area contributed by atoms with Crippen molar-refractivity contribution in [1.29, 1.82) is 0 Å². The van der Waals surface area contributed by atoms with Crippen LogP contribution in [0.2, 0.25) is 0 Å². The molecule has 6 heteroatoms. The maximum atomic E-state index is 12.5. The lowest BCUT2D eigenvalue weighted by molar-refractivity contribution is -0.155. The normalized spacial score (nSPS) is 20.9. The van der Waals surface area contributed by atoms with Gasteiger partial charge in [-0.05, 0) is 37.2 Å². The highest BCUT2D eigenvalue weighted by Gasteiger charge is 2.43. The summed E-state index contributed by atoms with van der Waals surface area (Å²) in [5.74, 6) is -0.910. The largest absolute Gasteiger partial charge is 0.480 e. The van der Waals surface area contributed by atoms with Gasteiger partial charge in [-0.1, -0.05) is 30.3 Å². The van der Waals surface area contributed by atoms with E-state index in [1.165, 1.54) is 4.90 Å². The molecule has 140 valence electrons. The van der Waals surface area contributed by atoms with E-state index in [9.17, 15) is 19.5 Å². The summed E-state index contributed by atoms with van der Waals surface area (Å²) in [6.07, 6.45) is 3.24. The first-order chi connectivity index (χ1) is 12.4. The molecule has 1 aromatic carbocycles.